The van der Waals surface area contributed by atoms with Gasteiger partial charge >= 0.3 is 0 Å². The lowest BCUT2D eigenvalue weighted by Crippen LogP contribution is -2.05. The first-order valence-electron chi connectivity index (χ1n) is 4.05. The molecule has 0 aromatic carbocycles. The van der Waals surface area contributed by atoms with Crippen molar-refractivity contribution in [2.24, 2.45) is 0 Å². The highest BCUT2D eigenvalue weighted by molar-refractivity contribution is 8.13. The molecule has 0 fully saturated rings. The Balaban J connectivity index is 3.59. The molecule has 16 heavy (non-hydrogen) atoms. The van der Waals surface area contributed by atoms with Gasteiger partial charge in [-0.25, -0.2) is 22.2 Å². The van der Waals surface area contributed by atoms with Crippen molar-refractivity contribution in [3.05, 3.63) is 17.3 Å². The Labute approximate surface area is 95.6 Å². The van der Waals surface area contributed by atoms with Crippen molar-refractivity contribution in [1.29, 1.82) is 0 Å². The first-order valence-corrected chi connectivity index (χ1v) is 6.36. The van der Waals surface area contributed by atoms with Crippen LogP contribution in [0.2, 0.25) is 0 Å². The highest BCUT2D eigenvalue weighted by atomic mass is 35.7. The first kappa shape index (κ1) is 13.1. The summed E-state index contributed by atoms with van der Waals surface area (Å²) in [6.45, 7) is 1.27. The van der Waals surface area contributed by atoms with Crippen LogP contribution >= 0.6 is 10.7 Å². The average molecular weight is 272 g/mol. The van der Waals surface area contributed by atoms with E-state index in [4.69, 9.17) is 10.7 Å². The lowest BCUT2D eigenvalue weighted by atomic mass is 10.2. The number of pyridine rings is 1. The normalized spacial score (nSPS) is 11.9. The van der Waals surface area contributed by atoms with Crippen molar-refractivity contribution in [3.8, 4) is 5.88 Å². The molecule has 1 aromatic rings. The topological polar surface area (TPSA) is 56.3 Å². The lowest BCUT2D eigenvalue weighted by Gasteiger charge is -2.10. The number of rotatable bonds is 3. The Bertz CT molecular complexity index is 504. The van der Waals surface area contributed by atoms with Gasteiger partial charge < -0.3 is 4.74 Å². The zero-order valence-electron chi connectivity index (χ0n) is 8.37. The Hall–Kier alpha value is -0.950. The molecule has 0 spiro atoms. The maximum absolute atomic E-state index is 12.6. The van der Waals surface area contributed by atoms with Crippen LogP contribution in [-0.4, -0.2) is 20.5 Å². The predicted octanol–water partition coefficient (Wildman–Crippen LogP) is 2.26. The molecular weight excluding hydrogens is 264 g/mol. The van der Waals surface area contributed by atoms with Gasteiger partial charge in [0.15, 0.2) is 0 Å². The van der Waals surface area contributed by atoms with Crippen LogP contribution in [0.15, 0.2) is 11.0 Å². The number of hydrogen-bond acceptors (Lipinski definition) is 4. The largest absolute Gasteiger partial charge is 0.481 e. The van der Waals surface area contributed by atoms with Crippen molar-refractivity contribution < 1.29 is 21.9 Å². The number of aryl methyl sites for hydroxylation is 1. The van der Waals surface area contributed by atoms with Gasteiger partial charge in [0.05, 0.1) is 12.8 Å². The molecule has 0 radical (unpaired) electrons. The molecule has 0 saturated heterocycles. The summed E-state index contributed by atoms with van der Waals surface area (Å²) in [6, 6.07) is 0.854. The molecule has 4 nitrogen and oxygen atoms in total. The Morgan fingerprint density at radius 2 is 2.06 bits per heavy atom. The van der Waals surface area contributed by atoms with E-state index >= 15 is 0 Å². The molecule has 0 aliphatic rings. The van der Waals surface area contributed by atoms with E-state index in [1.807, 2.05) is 0 Å². The molecule has 0 bridgehead atoms. The number of halogens is 3. The van der Waals surface area contributed by atoms with E-state index in [1.54, 1.807) is 0 Å². The molecule has 0 unspecified atom stereocenters. The molecule has 1 heterocycles. The molecule has 0 amide bonds. The summed E-state index contributed by atoms with van der Waals surface area (Å²) in [7, 11) is 2.05. The van der Waals surface area contributed by atoms with Gasteiger partial charge in [-0.1, -0.05) is 0 Å². The fourth-order valence-electron chi connectivity index (χ4n) is 1.24. The highest BCUT2D eigenvalue weighted by Crippen LogP contribution is 2.32. The molecule has 0 N–H and O–H groups in total. The minimum absolute atomic E-state index is 0.0862. The van der Waals surface area contributed by atoms with Crippen LogP contribution in [-0.2, 0) is 9.05 Å². The van der Waals surface area contributed by atoms with Gasteiger partial charge in [0, 0.05) is 22.3 Å². The Morgan fingerprint density at radius 1 is 1.50 bits per heavy atom. The van der Waals surface area contributed by atoms with Crippen LogP contribution in [0, 0.1) is 6.92 Å². The van der Waals surface area contributed by atoms with Crippen LogP contribution < -0.4 is 4.74 Å². The number of ether oxygens (including phenoxy) is 1. The summed E-state index contributed by atoms with van der Waals surface area (Å²) >= 11 is 0. The van der Waals surface area contributed by atoms with Gasteiger partial charge in [-0.05, 0) is 6.92 Å². The van der Waals surface area contributed by atoms with Crippen LogP contribution in [0.4, 0.5) is 8.78 Å². The molecule has 1 rings (SSSR count). The minimum Gasteiger partial charge on any atom is -0.481 e. The molecule has 0 aliphatic heterocycles. The molecular formula is C8H8ClF2NO3S. The third kappa shape index (κ3) is 2.59. The van der Waals surface area contributed by atoms with Gasteiger partial charge in [0.1, 0.15) is 4.90 Å². The third-order valence-electron chi connectivity index (χ3n) is 1.84. The second-order valence-corrected chi connectivity index (χ2v) is 5.41. The summed E-state index contributed by atoms with van der Waals surface area (Å²) in [5, 5.41) is 0. The SMILES string of the molecule is COc1cc(C(F)F)c(S(=O)(=O)Cl)c(C)n1. The Morgan fingerprint density at radius 3 is 2.44 bits per heavy atom. The van der Waals surface area contributed by atoms with Crippen molar-refractivity contribution in [1.82, 2.24) is 4.98 Å². The molecule has 1 aromatic heterocycles. The highest BCUT2D eigenvalue weighted by Gasteiger charge is 2.26. The van der Waals surface area contributed by atoms with Gasteiger partial charge in [-0.2, -0.15) is 0 Å². The van der Waals surface area contributed by atoms with Gasteiger partial charge in [0.25, 0.3) is 15.5 Å². The van der Waals surface area contributed by atoms with Gasteiger partial charge in [-0.3, -0.25) is 0 Å². The van der Waals surface area contributed by atoms with Crippen LogP contribution in [0.25, 0.3) is 0 Å². The fourth-order valence-corrected chi connectivity index (χ4v) is 2.67. The van der Waals surface area contributed by atoms with Crippen molar-refractivity contribution in [2.45, 2.75) is 18.2 Å². The van der Waals surface area contributed by atoms with Crippen molar-refractivity contribution in [2.75, 3.05) is 7.11 Å². The number of methoxy groups -OCH3 is 1. The zero-order valence-corrected chi connectivity index (χ0v) is 9.94. The summed E-state index contributed by atoms with van der Waals surface area (Å²) in [4.78, 5) is 3.02. The summed E-state index contributed by atoms with van der Waals surface area (Å²) < 4.78 is 52.2. The van der Waals surface area contributed by atoms with Crippen LogP contribution in [0.5, 0.6) is 5.88 Å². The quantitative estimate of drug-likeness (QED) is 0.792. The smallest absolute Gasteiger partial charge is 0.265 e. The fraction of sp³-hybridized carbons (Fsp3) is 0.375. The number of aromatic nitrogens is 1. The van der Waals surface area contributed by atoms with E-state index in [2.05, 4.69) is 9.72 Å². The zero-order chi connectivity index (χ0) is 12.5. The van der Waals surface area contributed by atoms with E-state index in [9.17, 15) is 17.2 Å². The first-order chi connectivity index (χ1) is 7.27. The maximum atomic E-state index is 12.6. The van der Waals surface area contributed by atoms with Gasteiger partial charge in [-0.15, -0.1) is 0 Å². The summed E-state index contributed by atoms with van der Waals surface area (Å²) in [5.74, 6) is -0.0862. The van der Waals surface area contributed by atoms with Gasteiger partial charge in [0.2, 0.25) is 5.88 Å². The lowest BCUT2D eigenvalue weighted by molar-refractivity contribution is 0.147. The monoisotopic (exact) mass is 271 g/mol. The third-order valence-corrected chi connectivity index (χ3v) is 3.32. The molecule has 90 valence electrons. The number of alkyl halides is 2. The van der Waals surface area contributed by atoms with E-state index in [1.165, 1.54) is 14.0 Å². The molecule has 0 saturated carbocycles. The minimum atomic E-state index is -4.26. The second kappa shape index (κ2) is 4.50. The van der Waals surface area contributed by atoms with E-state index < -0.39 is 25.9 Å². The molecule has 0 aliphatic carbocycles. The second-order valence-electron chi connectivity index (χ2n) is 2.91. The van der Waals surface area contributed by atoms with E-state index in [0.717, 1.165) is 6.07 Å². The summed E-state index contributed by atoms with van der Waals surface area (Å²) in [6.07, 6.45) is -2.97. The number of nitrogens with zero attached hydrogens (tertiary/aromatic N) is 1. The van der Waals surface area contributed by atoms with Crippen LogP contribution in [0.1, 0.15) is 17.7 Å². The predicted molar refractivity (Wildman–Crippen MR) is 53.5 cm³/mol. The molecule has 8 heteroatoms. The Kier molecular flexibility index (Phi) is 3.69. The average Bonchev–Trinajstić information content (AvgIpc) is 2.14. The maximum Gasteiger partial charge on any atom is 0.265 e. The summed E-state index contributed by atoms with van der Waals surface area (Å²) in [5.41, 5.74) is -0.830. The van der Waals surface area contributed by atoms with Crippen LogP contribution in [0.3, 0.4) is 0 Å². The van der Waals surface area contributed by atoms with Crippen molar-refractivity contribution >= 4 is 19.7 Å². The standard InChI is InChI=1S/C8H8ClF2NO3S/c1-4-7(16(9,13)14)5(8(10)11)3-6(12-4)15-2/h3,8H,1-2H3. The van der Waals surface area contributed by atoms with Crippen molar-refractivity contribution in [3.63, 3.8) is 0 Å². The van der Waals surface area contributed by atoms with E-state index in [-0.39, 0.29) is 11.6 Å². The molecule has 0 atom stereocenters. The number of hydrogen-bond donors (Lipinski definition) is 0. The van der Waals surface area contributed by atoms with E-state index in [0.29, 0.717) is 0 Å².